The van der Waals surface area contributed by atoms with Gasteiger partial charge in [0.05, 0.1) is 5.69 Å². The molecule has 2 N–H and O–H groups in total. The fraction of sp³-hybridized carbons (Fsp3) is 0.375. The number of piperidine rings is 1. The van der Waals surface area contributed by atoms with Crippen LogP contribution in [0, 0.1) is 5.82 Å². The van der Waals surface area contributed by atoms with Gasteiger partial charge in [-0.15, -0.1) is 0 Å². The first-order valence-electron chi connectivity index (χ1n) is 7.68. The van der Waals surface area contributed by atoms with Gasteiger partial charge in [-0.05, 0) is 25.0 Å². The second-order valence-corrected chi connectivity index (χ2v) is 5.71. The van der Waals surface area contributed by atoms with E-state index in [9.17, 15) is 9.18 Å². The van der Waals surface area contributed by atoms with Crippen molar-refractivity contribution < 1.29 is 9.18 Å². The Bertz CT molecular complexity index is 687. The minimum Gasteiger partial charge on any atom is -0.367 e. The zero-order valence-corrected chi connectivity index (χ0v) is 13.0. The van der Waals surface area contributed by atoms with Crippen molar-refractivity contribution in [2.24, 2.45) is 7.05 Å². The van der Waals surface area contributed by atoms with Gasteiger partial charge in [-0.1, -0.05) is 12.1 Å². The van der Waals surface area contributed by atoms with Crippen LogP contribution >= 0.6 is 0 Å². The highest BCUT2D eigenvalue weighted by atomic mass is 19.1. The number of para-hydroxylation sites is 1. The van der Waals surface area contributed by atoms with E-state index in [-0.39, 0.29) is 17.9 Å². The largest absolute Gasteiger partial charge is 0.367 e. The molecule has 1 unspecified atom stereocenters. The highest BCUT2D eigenvalue weighted by Gasteiger charge is 2.23. The average molecular weight is 317 g/mol. The standard InChI is InChI=1S/C16H20FN5O/c1-21-10-8-15(20-21)19-16(23)18-12-5-4-9-22(11-12)14-7-3-2-6-13(14)17/h2-3,6-8,10,12H,4-5,9,11H2,1H3,(H2,18,19,20,23). The number of carbonyl (C=O) groups is 1. The van der Waals surface area contributed by atoms with Gasteiger partial charge in [-0.2, -0.15) is 5.10 Å². The van der Waals surface area contributed by atoms with Gasteiger partial charge in [0.15, 0.2) is 5.82 Å². The van der Waals surface area contributed by atoms with Crippen molar-refractivity contribution in [3.8, 4) is 0 Å². The molecule has 1 aromatic heterocycles. The van der Waals surface area contributed by atoms with Crippen LogP contribution in [0.4, 0.5) is 20.7 Å². The Morgan fingerprint density at radius 1 is 1.35 bits per heavy atom. The molecule has 1 aliphatic heterocycles. The zero-order valence-electron chi connectivity index (χ0n) is 13.0. The predicted octanol–water partition coefficient (Wildman–Crippen LogP) is 2.35. The molecule has 2 heterocycles. The van der Waals surface area contributed by atoms with Crippen LogP contribution in [0.15, 0.2) is 36.5 Å². The number of nitrogens with one attached hydrogen (secondary N) is 2. The smallest absolute Gasteiger partial charge is 0.320 e. The number of halogens is 1. The summed E-state index contributed by atoms with van der Waals surface area (Å²) in [7, 11) is 1.79. The fourth-order valence-corrected chi connectivity index (χ4v) is 2.84. The van der Waals surface area contributed by atoms with E-state index in [2.05, 4.69) is 15.7 Å². The minimum atomic E-state index is -0.288. The lowest BCUT2D eigenvalue weighted by molar-refractivity contribution is 0.246. The average Bonchev–Trinajstić information content (AvgIpc) is 2.93. The van der Waals surface area contributed by atoms with Crippen molar-refractivity contribution >= 4 is 17.5 Å². The molecule has 1 saturated heterocycles. The van der Waals surface area contributed by atoms with Crippen LogP contribution in [-0.4, -0.2) is 34.9 Å². The number of carbonyl (C=O) groups excluding carboxylic acids is 1. The maximum absolute atomic E-state index is 13.9. The number of aromatic nitrogens is 2. The molecule has 23 heavy (non-hydrogen) atoms. The number of anilines is 2. The Kier molecular flexibility index (Phi) is 4.45. The first-order valence-corrected chi connectivity index (χ1v) is 7.68. The number of hydrogen-bond donors (Lipinski definition) is 2. The second-order valence-electron chi connectivity index (χ2n) is 5.71. The second kappa shape index (κ2) is 6.68. The van der Waals surface area contributed by atoms with Crippen LogP contribution < -0.4 is 15.5 Å². The number of amides is 2. The molecule has 1 aliphatic rings. The van der Waals surface area contributed by atoms with E-state index in [4.69, 9.17) is 0 Å². The Hall–Kier alpha value is -2.57. The molecule has 6 nitrogen and oxygen atoms in total. The lowest BCUT2D eigenvalue weighted by Gasteiger charge is -2.34. The summed E-state index contributed by atoms with van der Waals surface area (Å²) < 4.78 is 15.5. The molecular weight excluding hydrogens is 297 g/mol. The van der Waals surface area contributed by atoms with Gasteiger partial charge in [0.1, 0.15) is 5.82 Å². The fourth-order valence-electron chi connectivity index (χ4n) is 2.84. The summed E-state index contributed by atoms with van der Waals surface area (Å²) in [6.45, 7) is 1.39. The SMILES string of the molecule is Cn1ccc(NC(=O)NC2CCCN(c3ccccc3F)C2)n1. The van der Waals surface area contributed by atoms with Crippen molar-refractivity contribution in [2.45, 2.75) is 18.9 Å². The first-order chi connectivity index (χ1) is 11.1. The molecule has 0 saturated carbocycles. The number of hydrogen-bond acceptors (Lipinski definition) is 3. The van der Waals surface area contributed by atoms with Gasteiger partial charge in [0.2, 0.25) is 0 Å². The monoisotopic (exact) mass is 317 g/mol. The normalized spacial score (nSPS) is 17.8. The molecule has 1 atom stereocenters. The van der Waals surface area contributed by atoms with Gasteiger partial charge in [-0.3, -0.25) is 10.00 Å². The Balaban J connectivity index is 1.58. The maximum Gasteiger partial charge on any atom is 0.320 e. The molecule has 2 amide bonds. The van der Waals surface area contributed by atoms with E-state index in [1.165, 1.54) is 6.07 Å². The van der Waals surface area contributed by atoms with Crippen LogP contribution in [0.5, 0.6) is 0 Å². The van der Waals surface area contributed by atoms with Gasteiger partial charge < -0.3 is 10.2 Å². The van der Waals surface area contributed by atoms with Gasteiger partial charge in [0.25, 0.3) is 0 Å². The maximum atomic E-state index is 13.9. The van der Waals surface area contributed by atoms with Crippen LogP contribution in [0.3, 0.4) is 0 Å². The molecule has 1 fully saturated rings. The lowest BCUT2D eigenvalue weighted by atomic mass is 10.0. The molecule has 0 spiro atoms. The lowest BCUT2D eigenvalue weighted by Crippen LogP contribution is -2.49. The van der Waals surface area contributed by atoms with E-state index in [0.717, 1.165) is 19.4 Å². The van der Waals surface area contributed by atoms with Crippen LogP contribution in [-0.2, 0) is 7.05 Å². The van der Waals surface area contributed by atoms with Crippen LogP contribution in [0.2, 0.25) is 0 Å². The van der Waals surface area contributed by atoms with E-state index in [1.54, 1.807) is 36.1 Å². The molecule has 2 aromatic rings. The topological polar surface area (TPSA) is 62.2 Å². The zero-order chi connectivity index (χ0) is 16.2. The Morgan fingerprint density at radius 2 is 2.17 bits per heavy atom. The molecular formula is C16H20FN5O. The third-order valence-corrected chi connectivity index (χ3v) is 3.90. The van der Waals surface area contributed by atoms with E-state index in [0.29, 0.717) is 18.1 Å². The van der Waals surface area contributed by atoms with Crippen molar-refractivity contribution in [1.82, 2.24) is 15.1 Å². The Morgan fingerprint density at radius 3 is 2.91 bits per heavy atom. The molecule has 0 radical (unpaired) electrons. The molecule has 122 valence electrons. The van der Waals surface area contributed by atoms with Crippen molar-refractivity contribution in [2.75, 3.05) is 23.3 Å². The summed E-state index contributed by atoms with van der Waals surface area (Å²) in [4.78, 5) is 14.0. The van der Waals surface area contributed by atoms with Crippen molar-refractivity contribution in [1.29, 1.82) is 0 Å². The molecule has 0 aliphatic carbocycles. The number of benzene rings is 1. The summed E-state index contributed by atoms with van der Waals surface area (Å²) >= 11 is 0. The van der Waals surface area contributed by atoms with E-state index in [1.807, 2.05) is 11.0 Å². The highest BCUT2D eigenvalue weighted by molar-refractivity contribution is 5.88. The van der Waals surface area contributed by atoms with Gasteiger partial charge in [-0.25, -0.2) is 9.18 Å². The van der Waals surface area contributed by atoms with E-state index >= 15 is 0 Å². The third kappa shape index (κ3) is 3.80. The summed E-state index contributed by atoms with van der Waals surface area (Å²) in [5.74, 6) is 0.276. The summed E-state index contributed by atoms with van der Waals surface area (Å²) in [6.07, 6.45) is 3.54. The van der Waals surface area contributed by atoms with Gasteiger partial charge >= 0.3 is 6.03 Å². The number of aryl methyl sites for hydroxylation is 1. The van der Waals surface area contributed by atoms with Crippen LogP contribution in [0.1, 0.15) is 12.8 Å². The van der Waals surface area contributed by atoms with Crippen molar-refractivity contribution in [3.05, 3.63) is 42.3 Å². The van der Waals surface area contributed by atoms with E-state index < -0.39 is 0 Å². The number of rotatable bonds is 3. The first kappa shape index (κ1) is 15.3. The summed E-state index contributed by atoms with van der Waals surface area (Å²) in [5, 5.41) is 9.74. The molecule has 3 rings (SSSR count). The summed E-state index contributed by atoms with van der Waals surface area (Å²) in [6, 6.07) is 8.15. The highest BCUT2D eigenvalue weighted by Crippen LogP contribution is 2.22. The molecule has 0 bridgehead atoms. The van der Waals surface area contributed by atoms with Crippen molar-refractivity contribution in [3.63, 3.8) is 0 Å². The third-order valence-electron chi connectivity index (χ3n) is 3.90. The number of nitrogens with zero attached hydrogens (tertiary/aromatic N) is 3. The number of urea groups is 1. The van der Waals surface area contributed by atoms with Crippen LogP contribution in [0.25, 0.3) is 0 Å². The molecule has 1 aromatic carbocycles. The quantitative estimate of drug-likeness (QED) is 0.913. The molecule has 7 heteroatoms. The Labute approximate surface area is 134 Å². The minimum absolute atomic E-state index is 0.0212. The summed E-state index contributed by atoms with van der Waals surface area (Å²) in [5.41, 5.74) is 0.587. The van der Waals surface area contributed by atoms with Gasteiger partial charge in [0, 0.05) is 38.4 Å². The predicted molar refractivity (Wildman–Crippen MR) is 87.0 cm³/mol.